The summed E-state index contributed by atoms with van der Waals surface area (Å²) in [4.78, 5) is 11.2. The fourth-order valence-electron chi connectivity index (χ4n) is 1.07. The maximum atomic E-state index is 11.2. The summed E-state index contributed by atoms with van der Waals surface area (Å²) in [7, 11) is 1.34. The van der Waals surface area contributed by atoms with Crippen molar-refractivity contribution in [3.05, 3.63) is 0 Å². The molecule has 2 atom stereocenters. The third kappa shape index (κ3) is 6.02. The third-order valence-corrected chi connectivity index (χ3v) is 3.46. The number of carbonyl (C=O) groups is 1. The van der Waals surface area contributed by atoms with E-state index in [0.717, 1.165) is 12.2 Å². The topological polar surface area (TPSA) is 72.5 Å². The average molecular weight is 235 g/mol. The van der Waals surface area contributed by atoms with Crippen LogP contribution in [0, 0.1) is 0 Å². The fraction of sp³-hybridized carbons (Fsp3) is 0.900. The Balaban J connectivity index is 3.79. The second-order valence-corrected chi connectivity index (χ2v) is 5.40. The maximum Gasteiger partial charge on any atom is 0.325 e. The molecule has 0 bridgehead atoms. The van der Waals surface area contributed by atoms with Crippen LogP contribution < -0.4 is 5.73 Å². The number of hydrogen-bond acceptors (Lipinski definition) is 5. The molecule has 0 aliphatic heterocycles. The second-order valence-electron chi connectivity index (χ2n) is 3.85. The number of ether oxygens (including phenoxy) is 1. The summed E-state index contributed by atoms with van der Waals surface area (Å²) in [5.74, 6) is 0.418. The number of thioether (sulfide) groups is 1. The van der Waals surface area contributed by atoms with Crippen LogP contribution in [0.4, 0.5) is 0 Å². The molecule has 0 aromatic rings. The molecule has 5 heteroatoms. The molecule has 0 aromatic heterocycles. The molecule has 0 saturated heterocycles. The molecule has 15 heavy (non-hydrogen) atoms. The van der Waals surface area contributed by atoms with Crippen LogP contribution in [0.5, 0.6) is 0 Å². The Labute approximate surface area is 95.6 Å². The van der Waals surface area contributed by atoms with E-state index in [9.17, 15) is 4.79 Å². The first kappa shape index (κ1) is 14.7. The molecule has 2 unspecified atom stereocenters. The molecule has 0 saturated carbocycles. The highest BCUT2D eigenvalue weighted by Gasteiger charge is 2.28. The molecule has 0 heterocycles. The van der Waals surface area contributed by atoms with Gasteiger partial charge in [0.15, 0.2) is 0 Å². The zero-order valence-electron chi connectivity index (χ0n) is 9.66. The Morgan fingerprint density at radius 2 is 2.27 bits per heavy atom. The molecule has 0 amide bonds. The maximum absolute atomic E-state index is 11.2. The van der Waals surface area contributed by atoms with E-state index in [4.69, 9.17) is 10.8 Å². The standard InChI is InChI=1S/C10H21NO3S/c1-8(4-6-12)15-7-5-10(2,11)9(13)14-3/h8,12H,4-7,11H2,1-3H3. The van der Waals surface area contributed by atoms with Gasteiger partial charge in [-0.1, -0.05) is 6.92 Å². The van der Waals surface area contributed by atoms with Crippen LogP contribution >= 0.6 is 11.8 Å². The van der Waals surface area contributed by atoms with Crippen molar-refractivity contribution < 1.29 is 14.6 Å². The molecule has 3 N–H and O–H groups in total. The van der Waals surface area contributed by atoms with Crippen molar-refractivity contribution in [2.24, 2.45) is 5.73 Å². The summed E-state index contributed by atoms with van der Waals surface area (Å²) in [6.07, 6.45) is 1.35. The van der Waals surface area contributed by atoms with E-state index < -0.39 is 5.54 Å². The van der Waals surface area contributed by atoms with Crippen molar-refractivity contribution in [2.75, 3.05) is 19.5 Å². The van der Waals surface area contributed by atoms with Gasteiger partial charge in [-0.15, -0.1) is 0 Å². The van der Waals surface area contributed by atoms with Crippen molar-refractivity contribution in [1.29, 1.82) is 0 Å². The lowest BCUT2D eigenvalue weighted by Gasteiger charge is -2.21. The van der Waals surface area contributed by atoms with E-state index in [0.29, 0.717) is 11.7 Å². The Morgan fingerprint density at radius 1 is 1.67 bits per heavy atom. The monoisotopic (exact) mass is 235 g/mol. The number of nitrogens with two attached hydrogens (primary N) is 1. The summed E-state index contributed by atoms with van der Waals surface area (Å²) in [6.45, 7) is 3.92. The number of esters is 1. The molecular weight excluding hydrogens is 214 g/mol. The molecule has 4 nitrogen and oxygen atoms in total. The smallest absolute Gasteiger partial charge is 0.325 e. The van der Waals surface area contributed by atoms with Crippen LogP contribution in [0.2, 0.25) is 0 Å². The Hall–Kier alpha value is -0.260. The van der Waals surface area contributed by atoms with Crippen molar-refractivity contribution in [3.8, 4) is 0 Å². The molecule has 0 spiro atoms. The Kier molecular flexibility index (Phi) is 6.96. The molecule has 0 rings (SSSR count). The molecule has 0 aromatic carbocycles. The SMILES string of the molecule is COC(=O)C(C)(N)CCSC(C)CCO. The van der Waals surface area contributed by atoms with Crippen molar-refractivity contribution >= 4 is 17.7 Å². The van der Waals surface area contributed by atoms with Gasteiger partial charge in [0, 0.05) is 11.9 Å². The van der Waals surface area contributed by atoms with E-state index >= 15 is 0 Å². The Morgan fingerprint density at radius 3 is 2.73 bits per heavy atom. The Bertz CT molecular complexity index is 197. The van der Waals surface area contributed by atoms with Gasteiger partial charge in [0.2, 0.25) is 0 Å². The van der Waals surface area contributed by atoms with Crippen LogP contribution in [-0.4, -0.2) is 41.3 Å². The van der Waals surface area contributed by atoms with Gasteiger partial charge in [-0.2, -0.15) is 11.8 Å². The predicted molar refractivity (Wildman–Crippen MR) is 62.8 cm³/mol. The number of carbonyl (C=O) groups excluding carboxylic acids is 1. The summed E-state index contributed by atoms with van der Waals surface area (Å²) in [5.41, 5.74) is 4.89. The minimum atomic E-state index is -0.902. The summed E-state index contributed by atoms with van der Waals surface area (Å²) in [6, 6.07) is 0. The molecular formula is C10H21NO3S. The number of aliphatic hydroxyl groups is 1. The van der Waals surface area contributed by atoms with E-state index in [1.54, 1.807) is 18.7 Å². The first-order valence-electron chi connectivity index (χ1n) is 5.03. The van der Waals surface area contributed by atoms with Gasteiger partial charge >= 0.3 is 5.97 Å². The zero-order chi connectivity index (χ0) is 11.9. The van der Waals surface area contributed by atoms with Gasteiger partial charge in [-0.3, -0.25) is 4.79 Å². The van der Waals surface area contributed by atoms with Crippen LogP contribution in [-0.2, 0) is 9.53 Å². The molecule has 0 aliphatic rings. The lowest BCUT2D eigenvalue weighted by molar-refractivity contribution is -0.146. The van der Waals surface area contributed by atoms with Gasteiger partial charge in [-0.05, 0) is 25.5 Å². The first-order valence-corrected chi connectivity index (χ1v) is 6.08. The van der Waals surface area contributed by atoms with Gasteiger partial charge in [-0.25, -0.2) is 0 Å². The number of rotatable bonds is 7. The quantitative estimate of drug-likeness (QED) is 0.638. The number of hydrogen-bond donors (Lipinski definition) is 2. The average Bonchev–Trinajstić information content (AvgIpc) is 2.16. The van der Waals surface area contributed by atoms with Crippen molar-refractivity contribution in [1.82, 2.24) is 0 Å². The summed E-state index contributed by atoms with van der Waals surface area (Å²) >= 11 is 1.71. The van der Waals surface area contributed by atoms with E-state index in [1.807, 2.05) is 6.92 Å². The van der Waals surface area contributed by atoms with Crippen molar-refractivity contribution in [3.63, 3.8) is 0 Å². The van der Waals surface area contributed by atoms with Crippen molar-refractivity contribution in [2.45, 2.75) is 37.5 Å². The lowest BCUT2D eigenvalue weighted by atomic mass is 10.0. The summed E-state index contributed by atoms with van der Waals surface area (Å²) in [5, 5.41) is 9.10. The normalized spacial score (nSPS) is 16.9. The van der Waals surface area contributed by atoms with Crippen LogP contribution in [0.1, 0.15) is 26.7 Å². The highest BCUT2D eigenvalue weighted by atomic mass is 32.2. The summed E-state index contributed by atoms with van der Waals surface area (Å²) < 4.78 is 4.61. The van der Waals surface area contributed by atoms with E-state index in [1.165, 1.54) is 7.11 Å². The molecule has 90 valence electrons. The van der Waals surface area contributed by atoms with Gasteiger partial charge in [0.25, 0.3) is 0 Å². The number of methoxy groups -OCH3 is 1. The molecule has 0 aliphatic carbocycles. The van der Waals surface area contributed by atoms with Gasteiger partial charge in [0.05, 0.1) is 7.11 Å². The first-order chi connectivity index (χ1) is 6.94. The lowest BCUT2D eigenvalue weighted by Crippen LogP contribution is -2.46. The van der Waals surface area contributed by atoms with E-state index in [2.05, 4.69) is 4.74 Å². The van der Waals surface area contributed by atoms with Crippen LogP contribution in [0.15, 0.2) is 0 Å². The minimum Gasteiger partial charge on any atom is -0.468 e. The van der Waals surface area contributed by atoms with Gasteiger partial charge < -0.3 is 15.6 Å². The zero-order valence-corrected chi connectivity index (χ0v) is 10.5. The third-order valence-electron chi connectivity index (χ3n) is 2.21. The van der Waals surface area contributed by atoms with E-state index in [-0.39, 0.29) is 12.6 Å². The van der Waals surface area contributed by atoms with Crippen LogP contribution in [0.3, 0.4) is 0 Å². The highest BCUT2D eigenvalue weighted by Crippen LogP contribution is 2.18. The fourth-order valence-corrected chi connectivity index (χ4v) is 2.29. The largest absolute Gasteiger partial charge is 0.468 e. The van der Waals surface area contributed by atoms with Gasteiger partial charge in [0.1, 0.15) is 5.54 Å². The van der Waals surface area contributed by atoms with Crippen LogP contribution in [0.25, 0.3) is 0 Å². The second kappa shape index (κ2) is 7.09. The molecule has 0 fully saturated rings. The molecule has 0 radical (unpaired) electrons. The highest BCUT2D eigenvalue weighted by molar-refractivity contribution is 7.99. The predicted octanol–water partition coefficient (Wildman–Crippen LogP) is 0.771. The number of aliphatic hydroxyl groups excluding tert-OH is 1. The minimum absolute atomic E-state index is 0.199.